The molecule has 25 heavy (non-hydrogen) atoms. The van der Waals surface area contributed by atoms with E-state index in [0.717, 1.165) is 29.3 Å². The van der Waals surface area contributed by atoms with E-state index in [-0.39, 0.29) is 5.92 Å². The fourth-order valence-electron chi connectivity index (χ4n) is 4.77. The lowest BCUT2D eigenvalue weighted by atomic mass is 9.79. The molecular formula is C21H25ClN2O. The minimum atomic E-state index is 0.147. The van der Waals surface area contributed by atoms with Crippen molar-refractivity contribution in [2.24, 2.45) is 11.8 Å². The highest BCUT2D eigenvalue weighted by Gasteiger charge is 2.37. The van der Waals surface area contributed by atoms with E-state index >= 15 is 0 Å². The van der Waals surface area contributed by atoms with Gasteiger partial charge in [-0.05, 0) is 49.8 Å². The molecule has 2 aromatic rings. The van der Waals surface area contributed by atoms with Crippen LogP contribution >= 0.6 is 11.6 Å². The second-order valence-electron chi connectivity index (χ2n) is 7.55. The largest absolute Gasteiger partial charge is 0.313 e. The summed E-state index contributed by atoms with van der Waals surface area (Å²) < 4.78 is 0. The van der Waals surface area contributed by atoms with Gasteiger partial charge in [0.15, 0.2) is 0 Å². The molecule has 2 atom stereocenters. The molecule has 1 aliphatic carbocycles. The molecule has 1 unspecified atom stereocenters. The highest BCUT2D eigenvalue weighted by atomic mass is 35.5. The Kier molecular flexibility index (Phi) is 5.05. The molecule has 132 valence electrons. The Balaban J connectivity index is 1.59. The van der Waals surface area contributed by atoms with Crippen LogP contribution in [0, 0.1) is 11.8 Å². The number of Topliss-reactive ketones (excluding diaryl/α,β-unsaturated/α-hetero) is 1. The number of hydrogen-bond acceptors (Lipinski definition) is 3. The van der Waals surface area contributed by atoms with Crippen LogP contribution in [0.15, 0.2) is 30.6 Å². The monoisotopic (exact) mass is 356 g/mol. The number of pyridine rings is 1. The molecule has 2 aliphatic rings. The van der Waals surface area contributed by atoms with Crippen molar-refractivity contribution >= 4 is 28.2 Å². The van der Waals surface area contributed by atoms with Crippen LogP contribution in [0.5, 0.6) is 0 Å². The van der Waals surface area contributed by atoms with E-state index in [1.807, 2.05) is 24.4 Å². The zero-order valence-corrected chi connectivity index (χ0v) is 15.3. The fourth-order valence-corrected chi connectivity index (χ4v) is 5.07. The Morgan fingerprint density at radius 1 is 1.20 bits per heavy atom. The summed E-state index contributed by atoms with van der Waals surface area (Å²) in [5, 5.41) is 6.30. The van der Waals surface area contributed by atoms with Crippen LogP contribution in [-0.4, -0.2) is 23.4 Å². The quantitative estimate of drug-likeness (QED) is 0.854. The normalized spacial score (nSPS) is 22.5. The Morgan fingerprint density at radius 3 is 2.80 bits per heavy atom. The Bertz CT molecular complexity index is 748. The number of nitrogens with zero attached hydrogens (tertiary/aromatic N) is 1. The molecule has 0 amide bonds. The zero-order valence-electron chi connectivity index (χ0n) is 14.5. The number of hydrogen-bond donors (Lipinski definition) is 1. The summed E-state index contributed by atoms with van der Waals surface area (Å²) in [6.07, 6.45) is 11.3. The number of rotatable bonds is 5. The van der Waals surface area contributed by atoms with Gasteiger partial charge in [0, 0.05) is 41.5 Å². The van der Waals surface area contributed by atoms with E-state index in [9.17, 15) is 4.79 Å². The lowest BCUT2D eigenvalue weighted by molar-refractivity contribution is -0.124. The van der Waals surface area contributed by atoms with Crippen molar-refractivity contribution in [2.75, 3.05) is 6.54 Å². The second-order valence-corrected chi connectivity index (χ2v) is 7.93. The predicted molar refractivity (Wildman–Crippen MR) is 102 cm³/mol. The number of halogens is 1. The number of carbonyl (C=O) groups excluding carboxylic acids is 1. The first-order valence-corrected chi connectivity index (χ1v) is 9.89. The molecule has 2 heterocycles. The third-order valence-electron chi connectivity index (χ3n) is 6.01. The molecule has 1 aromatic carbocycles. The van der Waals surface area contributed by atoms with Crippen molar-refractivity contribution < 1.29 is 4.79 Å². The van der Waals surface area contributed by atoms with Gasteiger partial charge in [-0.15, -0.1) is 0 Å². The van der Waals surface area contributed by atoms with Crippen LogP contribution in [-0.2, 0) is 11.2 Å². The third kappa shape index (κ3) is 3.45. The summed E-state index contributed by atoms with van der Waals surface area (Å²) in [6, 6.07) is 6.31. The summed E-state index contributed by atoms with van der Waals surface area (Å²) >= 11 is 6.61. The van der Waals surface area contributed by atoms with Crippen LogP contribution in [0.25, 0.3) is 10.8 Å². The maximum Gasteiger partial charge on any atom is 0.142 e. The van der Waals surface area contributed by atoms with E-state index < -0.39 is 0 Å². The summed E-state index contributed by atoms with van der Waals surface area (Å²) in [4.78, 5) is 17.4. The van der Waals surface area contributed by atoms with Crippen molar-refractivity contribution in [3.63, 3.8) is 0 Å². The average Bonchev–Trinajstić information content (AvgIpc) is 3.33. The first kappa shape index (κ1) is 17.0. The molecule has 2 fully saturated rings. The van der Waals surface area contributed by atoms with Gasteiger partial charge >= 0.3 is 0 Å². The van der Waals surface area contributed by atoms with Crippen LogP contribution in [0.2, 0.25) is 5.02 Å². The van der Waals surface area contributed by atoms with Gasteiger partial charge in [-0.1, -0.05) is 36.6 Å². The minimum Gasteiger partial charge on any atom is -0.313 e. The third-order valence-corrected chi connectivity index (χ3v) is 6.46. The van der Waals surface area contributed by atoms with Crippen LogP contribution < -0.4 is 5.32 Å². The first-order chi connectivity index (χ1) is 12.2. The minimum absolute atomic E-state index is 0.147. The molecule has 1 saturated heterocycles. The molecule has 4 heteroatoms. The number of fused-ring (bicyclic) bond motifs is 1. The van der Waals surface area contributed by atoms with E-state index in [1.54, 1.807) is 6.20 Å². The van der Waals surface area contributed by atoms with Gasteiger partial charge in [-0.25, -0.2) is 0 Å². The van der Waals surface area contributed by atoms with E-state index in [4.69, 9.17) is 11.6 Å². The maximum absolute atomic E-state index is 13.3. The Hall–Kier alpha value is -1.45. The molecule has 0 bridgehead atoms. The van der Waals surface area contributed by atoms with Crippen LogP contribution in [0.1, 0.15) is 44.1 Å². The van der Waals surface area contributed by atoms with Gasteiger partial charge < -0.3 is 5.32 Å². The number of carbonyl (C=O) groups is 1. The SMILES string of the molecule is O=C(Cc1ccc2cnccc2c1Cl)[C@@H](C1CCCC1)C1CCCN1. The van der Waals surface area contributed by atoms with Crippen LogP contribution in [0.3, 0.4) is 0 Å². The summed E-state index contributed by atoms with van der Waals surface area (Å²) in [5.74, 6) is 1.06. The average molecular weight is 357 g/mol. The van der Waals surface area contributed by atoms with Gasteiger partial charge in [0.1, 0.15) is 5.78 Å². The predicted octanol–water partition coefficient (Wildman–Crippen LogP) is 4.56. The highest BCUT2D eigenvalue weighted by molar-refractivity contribution is 6.36. The topological polar surface area (TPSA) is 42.0 Å². The van der Waals surface area contributed by atoms with Crippen molar-refractivity contribution in [2.45, 2.75) is 51.0 Å². The number of ketones is 1. The summed E-state index contributed by atoms with van der Waals surface area (Å²) in [6.45, 7) is 1.05. The van der Waals surface area contributed by atoms with Crippen molar-refractivity contribution in [1.82, 2.24) is 10.3 Å². The Labute approximate surface area is 154 Å². The van der Waals surface area contributed by atoms with Crippen LogP contribution in [0.4, 0.5) is 0 Å². The standard InChI is InChI=1S/C21H25ClN2O/c22-21-15(7-8-16-13-23-11-9-17(16)21)12-19(25)20(14-4-1-2-5-14)18-6-3-10-24-18/h7-9,11,13-14,18,20,24H,1-6,10,12H2/t18?,20-/m0/s1. The molecule has 0 spiro atoms. The van der Waals surface area contributed by atoms with Gasteiger partial charge in [-0.3, -0.25) is 9.78 Å². The smallest absolute Gasteiger partial charge is 0.142 e. The lowest BCUT2D eigenvalue weighted by Crippen LogP contribution is -2.40. The van der Waals surface area contributed by atoms with Gasteiger partial charge in [0.05, 0.1) is 5.02 Å². The van der Waals surface area contributed by atoms with Crippen molar-refractivity contribution in [3.8, 4) is 0 Å². The summed E-state index contributed by atoms with van der Waals surface area (Å²) in [5.41, 5.74) is 0.950. The lowest BCUT2D eigenvalue weighted by Gasteiger charge is -2.28. The molecule has 4 rings (SSSR count). The highest BCUT2D eigenvalue weighted by Crippen LogP contribution is 2.37. The van der Waals surface area contributed by atoms with E-state index in [2.05, 4.69) is 10.3 Å². The first-order valence-electron chi connectivity index (χ1n) is 9.51. The molecular weight excluding hydrogens is 332 g/mol. The van der Waals surface area contributed by atoms with Crippen molar-refractivity contribution in [1.29, 1.82) is 0 Å². The molecule has 0 radical (unpaired) electrons. The molecule has 1 aliphatic heterocycles. The molecule has 1 N–H and O–H groups in total. The molecule has 3 nitrogen and oxygen atoms in total. The Morgan fingerprint density at radius 2 is 2.04 bits per heavy atom. The fraction of sp³-hybridized carbons (Fsp3) is 0.524. The number of nitrogens with one attached hydrogen (secondary N) is 1. The molecule has 1 saturated carbocycles. The maximum atomic E-state index is 13.3. The van der Waals surface area contributed by atoms with E-state index in [1.165, 1.54) is 32.1 Å². The van der Waals surface area contributed by atoms with Gasteiger partial charge in [0.2, 0.25) is 0 Å². The number of aromatic nitrogens is 1. The van der Waals surface area contributed by atoms with Crippen molar-refractivity contribution in [3.05, 3.63) is 41.2 Å². The van der Waals surface area contributed by atoms with Gasteiger partial charge in [-0.2, -0.15) is 0 Å². The molecule has 1 aromatic heterocycles. The second kappa shape index (κ2) is 7.43. The van der Waals surface area contributed by atoms with Gasteiger partial charge in [0.25, 0.3) is 0 Å². The number of benzene rings is 1. The zero-order chi connectivity index (χ0) is 17.2. The van der Waals surface area contributed by atoms with E-state index in [0.29, 0.717) is 29.2 Å². The summed E-state index contributed by atoms with van der Waals surface area (Å²) in [7, 11) is 0.